The first kappa shape index (κ1) is 14.8. The van der Waals surface area contributed by atoms with Gasteiger partial charge in [-0.2, -0.15) is 0 Å². The van der Waals surface area contributed by atoms with Crippen LogP contribution in [0.4, 0.5) is 0 Å². The number of carbonyl (C=O) groups excluding carboxylic acids is 1. The Balaban J connectivity index is 2.03. The van der Waals surface area contributed by atoms with Crippen molar-refractivity contribution in [1.29, 1.82) is 0 Å². The van der Waals surface area contributed by atoms with Gasteiger partial charge in [-0.05, 0) is 42.4 Å². The summed E-state index contributed by atoms with van der Waals surface area (Å²) in [6.45, 7) is 0.255. The number of fused-ring (bicyclic) bond motifs is 1. The van der Waals surface area contributed by atoms with Crippen molar-refractivity contribution in [2.45, 2.75) is 38.6 Å². The molecule has 1 aliphatic carbocycles. The van der Waals surface area contributed by atoms with E-state index in [-0.39, 0.29) is 18.1 Å². The van der Waals surface area contributed by atoms with Crippen LogP contribution in [0.2, 0.25) is 0 Å². The number of phenols is 1. The molecule has 3 N–H and O–H groups in total. The van der Waals surface area contributed by atoms with Crippen LogP contribution < -0.4 is 5.73 Å². The summed E-state index contributed by atoms with van der Waals surface area (Å²) in [5.74, 6) is 0.0706. The first-order valence-electron chi connectivity index (χ1n) is 7.84. The van der Waals surface area contributed by atoms with Crippen molar-refractivity contribution in [1.82, 2.24) is 0 Å². The van der Waals surface area contributed by atoms with Crippen LogP contribution in [-0.2, 0) is 25.8 Å². The lowest BCUT2D eigenvalue weighted by atomic mass is 9.83. The molecule has 0 bridgehead atoms. The maximum atomic E-state index is 12.8. The normalized spacial score (nSPS) is 13.7. The lowest BCUT2D eigenvalue weighted by Crippen LogP contribution is -2.15. The lowest BCUT2D eigenvalue weighted by molar-refractivity contribution is 0.0989. The van der Waals surface area contributed by atoms with Crippen LogP contribution in [0.1, 0.15) is 45.5 Å². The number of carbonyl (C=O) groups is 1. The Labute approximate surface area is 130 Å². The fraction of sp³-hybridized carbons (Fsp3) is 0.316. The van der Waals surface area contributed by atoms with E-state index in [0.29, 0.717) is 17.5 Å². The van der Waals surface area contributed by atoms with Gasteiger partial charge in [-0.3, -0.25) is 4.79 Å². The third kappa shape index (κ3) is 2.77. The van der Waals surface area contributed by atoms with Gasteiger partial charge in [0.25, 0.3) is 0 Å². The predicted molar refractivity (Wildman–Crippen MR) is 87.1 cm³/mol. The summed E-state index contributed by atoms with van der Waals surface area (Å²) in [6.07, 6.45) is 4.35. The maximum absolute atomic E-state index is 12.8. The fourth-order valence-electron chi connectivity index (χ4n) is 3.28. The van der Waals surface area contributed by atoms with E-state index in [9.17, 15) is 9.90 Å². The van der Waals surface area contributed by atoms with Gasteiger partial charge in [-0.15, -0.1) is 0 Å². The monoisotopic (exact) mass is 295 g/mol. The molecule has 0 unspecified atom stereocenters. The number of ketones is 1. The summed E-state index contributed by atoms with van der Waals surface area (Å²) < 4.78 is 0. The maximum Gasteiger partial charge on any atom is 0.171 e. The molecule has 3 rings (SSSR count). The molecule has 0 saturated carbocycles. The summed E-state index contributed by atoms with van der Waals surface area (Å²) in [5.41, 5.74) is 10.1. The van der Waals surface area contributed by atoms with Gasteiger partial charge in [-0.25, -0.2) is 0 Å². The molecule has 0 fully saturated rings. The lowest BCUT2D eigenvalue weighted by Gasteiger charge is -2.22. The van der Waals surface area contributed by atoms with Crippen LogP contribution in [0.25, 0.3) is 0 Å². The van der Waals surface area contributed by atoms with Crippen molar-refractivity contribution in [3.05, 3.63) is 64.2 Å². The molecule has 2 aromatic carbocycles. The van der Waals surface area contributed by atoms with Crippen molar-refractivity contribution < 1.29 is 9.90 Å². The molecule has 0 atom stereocenters. The molecule has 1 aliphatic rings. The van der Waals surface area contributed by atoms with Crippen molar-refractivity contribution >= 4 is 5.78 Å². The summed E-state index contributed by atoms with van der Waals surface area (Å²) >= 11 is 0. The summed E-state index contributed by atoms with van der Waals surface area (Å²) in [5, 5.41) is 10.5. The van der Waals surface area contributed by atoms with Crippen molar-refractivity contribution in [3.8, 4) is 5.75 Å². The van der Waals surface area contributed by atoms with Gasteiger partial charge in [0.1, 0.15) is 5.75 Å². The minimum atomic E-state index is -0.0165. The Hall–Kier alpha value is -2.13. The van der Waals surface area contributed by atoms with E-state index in [4.69, 9.17) is 5.73 Å². The molecule has 3 heteroatoms. The molecule has 0 amide bonds. The SMILES string of the molecule is NCc1cc2c(c(C(=O)Cc3ccccc3)c1O)CCCC2. The molecule has 0 radical (unpaired) electrons. The number of nitrogens with two attached hydrogens (primary N) is 1. The predicted octanol–water partition coefficient (Wildman–Crippen LogP) is 3.16. The van der Waals surface area contributed by atoms with E-state index >= 15 is 0 Å². The second-order valence-electron chi connectivity index (χ2n) is 5.89. The Morgan fingerprint density at radius 1 is 1.14 bits per heavy atom. The van der Waals surface area contributed by atoms with Crippen LogP contribution in [0.15, 0.2) is 36.4 Å². The number of aryl methyl sites for hydroxylation is 1. The molecular formula is C19H21NO2. The van der Waals surface area contributed by atoms with Crippen molar-refractivity contribution in [2.24, 2.45) is 5.73 Å². The first-order valence-corrected chi connectivity index (χ1v) is 7.84. The van der Waals surface area contributed by atoms with Gasteiger partial charge in [0, 0.05) is 18.5 Å². The Kier molecular flexibility index (Phi) is 4.25. The number of hydrogen-bond donors (Lipinski definition) is 2. The van der Waals surface area contributed by atoms with E-state index in [0.717, 1.165) is 36.8 Å². The number of Topliss-reactive ketones (excluding diaryl/α,β-unsaturated/α-hetero) is 1. The highest BCUT2D eigenvalue weighted by atomic mass is 16.3. The molecule has 0 heterocycles. The number of hydrogen-bond acceptors (Lipinski definition) is 3. The third-order valence-corrected chi connectivity index (χ3v) is 4.41. The zero-order chi connectivity index (χ0) is 15.5. The van der Waals surface area contributed by atoms with E-state index < -0.39 is 0 Å². The molecule has 3 nitrogen and oxygen atoms in total. The summed E-state index contributed by atoms with van der Waals surface area (Å²) in [7, 11) is 0. The summed E-state index contributed by atoms with van der Waals surface area (Å²) in [4.78, 5) is 12.8. The quantitative estimate of drug-likeness (QED) is 0.852. The van der Waals surface area contributed by atoms with Gasteiger partial charge in [0.2, 0.25) is 0 Å². The second-order valence-corrected chi connectivity index (χ2v) is 5.89. The zero-order valence-electron chi connectivity index (χ0n) is 12.6. The zero-order valence-corrected chi connectivity index (χ0v) is 12.6. The van der Waals surface area contributed by atoms with Crippen LogP contribution >= 0.6 is 0 Å². The molecular weight excluding hydrogens is 274 g/mol. The second kappa shape index (κ2) is 6.32. The number of aromatic hydroxyl groups is 1. The highest BCUT2D eigenvalue weighted by Crippen LogP contribution is 2.34. The molecule has 0 aromatic heterocycles. The van der Waals surface area contributed by atoms with Crippen LogP contribution in [0.3, 0.4) is 0 Å². The van der Waals surface area contributed by atoms with Gasteiger partial charge in [0.15, 0.2) is 5.78 Å². The minimum Gasteiger partial charge on any atom is -0.507 e. The molecule has 2 aromatic rings. The number of benzene rings is 2. The topological polar surface area (TPSA) is 63.3 Å². The fourth-order valence-corrected chi connectivity index (χ4v) is 3.28. The minimum absolute atomic E-state index is 0.0165. The van der Waals surface area contributed by atoms with E-state index in [1.54, 1.807) is 0 Å². The van der Waals surface area contributed by atoms with E-state index in [2.05, 4.69) is 0 Å². The standard InChI is InChI=1S/C19H21NO2/c20-12-15-11-14-8-4-5-9-16(14)18(19(15)22)17(21)10-13-6-2-1-3-7-13/h1-3,6-7,11,22H,4-5,8-10,12,20H2. The van der Waals surface area contributed by atoms with Gasteiger partial charge >= 0.3 is 0 Å². The largest absolute Gasteiger partial charge is 0.507 e. The van der Waals surface area contributed by atoms with Gasteiger partial charge in [-0.1, -0.05) is 36.4 Å². The first-order chi connectivity index (χ1) is 10.7. The third-order valence-electron chi connectivity index (χ3n) is 4.41. The summed E-state index contributed by atoms with van der Waals surface area (Å²) in [6, 6.07) is 11.6. The van der Waals surface area contributed by atoms with Crippen molar-refractivity contribution in [2.75, 3.05) is 0 Å². The highest BCUT2D eigenvalue weighted by molar-refractivity contribution is 6.02. The number of phenolic OH excluding ortho intramolecular Hbond substituents is 1. The number of rotatable bonds is 4. The van der Waals surface area contributed by atoms with Gasteiger partial charge in [0.05, 0.1) is 5.56 Å². The van der Waals surface area contributed by atoms with Crippen molar-refractivity contribution in [3.63, 3.8) is 0 Å². The Morgan fingerprint density at radius 2 is 1.86 bits per heavy atom. The van der Waals surface area contributed by atoms with Crippen LogP contribution in [-0.4, -0.2) is 10.9 Å². The molecule has 114 valence electrons. The van der Waals surface area contributed by atoms with Gasteiger partial charge < -0.3 is 10.8 Å². The van der Waals surface area contributed by atoms with E-state index in [1.807, 2.05) is 36.4 Å². The molecule has 22 heavy (non-hydrogen) atoms. The van der Waals surface area contributed by atoms with E-state index in [1.165, 1.54) is 5.56 Å². The highest BCUT2D eigenvalue weighted by Gasteiger charge is 2.24. The molecule has 0 aliphatic heterocycles. The smallest absolute Gasteiger partial charge is 0.171 e. The average molecular weight is 295 g/mol. The Morgan fingerprint density at radius 3 is 2.59 bits per heavy atom. The van der Waals surface area contributed by atoms with Crippen LogP contribution in [0, 0.1) is 0 Å². The molecule has 0 spiro atoms. The Bertz CT molecular complexity index is 692. The molecule has 0 saturated heterocycles. The van der Waals surface area contributed by atoms with Crippen LogP contribution in [0.5, 0.6) is 5.75 Å². The average Bonchev–Trinajstić information content (AvgIpc) is 2.55.